The molecule has 22 heavy (non-hydrogen) atoms. The molecular formula is C16H29N3O2S. The van der Waals surface area contributed by atoms with Gasteiger partial charge in [0.05, 0.1) is 17.8 Å². The molecule has 1 amide bonds. The number of rotatable bonds is 4. The van der Waals surface area contributed by atoms with Gasteiger partial charge < -0.3 is 4.90 Å². The van der Waals surface area contributed by atoms with E-state index < -0.39 is 9.73 Å². The van der Waals surface area contributed by atoms with Gasteiger partial charge in [-0.1, -0.05) is 6.92 Å². The molecule has 2 saturated heterocycles. The third-order valence-electron chi connectivity index (χ3n) is 5.64. The molecule has 0 radical (unpaired) electrons. The van der Waals surface area contributed by atoms with Crippen molar-refractivity contribution < 1.29 is 9.00 Å². The molecule has 1 aliphatic carbocycles. The van der Waals surface area contributed by atoms with Gasteiger partial charge in [-0.15, -0.1) is 0 Å². The van der Waals surface area contributed by atoms with E-state index in [1.807, 2.05) is 0 Å². The van der Waals surface area contributed by atoms with Crippen molar-refractivity contribution in [1.29, 1.82) is 0 Å². The van der Waals surface area contributed by atoms with Crippen molar-refractivity contribution in [2.24, 2.45) is 4.36 Å². The first-order chi connectivity index (χ1) is 10.5. The van der Waals surface area contributed by atoms with Crippen LogP contribution in [0.3, 0.4) is 0 Å². The minimum atomic E-state index is -2.11. The quantitative estimate of drug-likeness (QED) is 0.790. The van der Waals surface area contributed by atoms with Crippen LogP contribution in [0.4, 0.5) is 0 Å². The van der Waals surface area contributed by atoms with Crippen molar-refractivity contribution in [3.05, 3.63) is 0 Å². The highest BCUT2D eigenvalue weighted by Crippen LogP contribution is 2.39. The average Bonchev–Trinajstić information content (AvgIpc) is 3.27. The minimum absolute atomic E-state index is 0.172. The summed E-state index contributed by atoms with van der Waals surface area (Å²) in [6.07, 6.45) is 6.44. The highest BCUT2D eigenvalue weighted by atomic mass is 32.2. The standard InChI is InChI=1S/C16H29N3O2S/c1-3-18(14-6-7-14)12-15(20)19-10-4-8-16(19)9-5-11-22(21,13-16)17-2/h14H,3-13H2,1-2H3. The third kappa shape index (κ3) is 3.04. The SMILES string of the molecule is CCN(CC(=O)N1CCCC12CCCS(=O)(=NC)C2)C1CC1. The molecular weight excluding hydrogens is 298 g/mol. The van der Waals surface area contributed by atoms with Crippen LogP contribution in [-0.4, -0.2) is 69.7 Å². The molecule has 2 atom stereocenters. The highest BCUT2D eigenvalue weighted by molar-refractivity contribution is 7.93. The number of likely N-dealkylation sites (tertiary alicyclic amines) is 1. The summed E-state index contributed by atoms with van der Waals surface area (Å²) in [4.78, 5) is 17.3. The molecule has 0 bridgehead atoms. The Morgan fingerprint density at radius 2 is 2.09 bits per heavy atom. The van der Waals surface area contributed by atoms with E-state index in [0.29, 0.717) is 24.1 Å². The third-order valence-corrected chi connectivity index (χ3v) is 8.22. The zero-order chi connectivity index (χ0) is 15.8. The molecule has 2 unspecified atom stereocenters. The number of carbonyl (C=O) groups is 1. The molecule has 126 valence electrons. The van der Waals surface area contributed by atoms with Crippen LogP contribution >= 0.6 is 0 Å². The molecule has 3 rings (SSSR count). The first kappa shape index (κ1) is 16.2. The summed E-state index contributed by atoms with van der Waals surface area (Å²) in [6, 6.07) is 0.619. The zero-order valence-electron chi connectivity index (χ0n) is 13.9. The van der Waals surface area contributed by atoms with Crippen LogP contribution < -0.4 is 0 Å². The zero-order valence-corrected chi connectivity index (χ0v) is 14.7. The lowest BCUT2D eigenvalue weighted by Gasteiger charge is -2.43. The lowest BCUT2D eigenvalue weighted by atomic mass is 9.92. The van der Waals surface area contributed by atoms with Crippen LogP contribution in [0.1, 0.15) is 45.4 Å². The van der Waals surface area contributed by atoms with E-state index in [9.17, 15) is 9.00 Å². The predicted molar refractivity (Wildman–Crippen MR) is 89.4 cm³/mol. The van der Waals surface area contributed by atoms with Crippen LogP contribution in [0.15, 0.2) is 4.36 Å². The Morgan fingerprint density at radius 3 is 2.73 bits per heavy atom. The van der Waals surface area contributed by atoms with Gasteiger partial charge in [-0.3, -0.25) is 9.69 Å². The lowest BCUT2D eigenvalue weighted by molar-refractivity contribution is -0.136. The van der Waals surface area contributed by atoms with E-state index in [2.05, 4.69) is 21.1 Å². The molecule has 2 aliphatic heterocycles. The van der Waals surface area contributed by atoms with Gasteiger partial charge in [-0.2, -0.15) is 0 Å². The predicted octanol–water partition coefficient (Wildman–Crippen LogP) is 1.72. The Hall–Kier alpha value is -0.620. The lowest BCUT2D eigenvalue weighted by Crippen LogP contribution is -2.56. The largest absolute Gasteiger partial charge is 0.335 e. The van der Waals surface area contributed by atoms with Gasteiger partial charge >= 0.3 is 0 Å². The number of amides is 1. The first-order valence-corrected chi connectivity index (χ1v) is 10.5. The number of carbonyl (C=O) groups excluding carboxylic acids is 1. The Morgan fingerprint density at radius 1 is 1.36 bits per heavy atom. The van der Waals surface area contributed by atoms with Crippen LogP contribution in [0.5, 0.6) is 0 Å². The summed E-state index contributed by atoms with van der Waals surface area (Å²) < 4.78 is 17.0. The maximum Gasteiger partial charge on any atom is 0.237 e. The Balaban J connectivity index is 1.74. The molecule has 0 aromatic carbocycles. The molecule has 2 heterocycles. The summed E-state index contributed by atoms with van der Waals surface area (Å²) in [6.45, 7) is 4.45. The Bertz CT molecular complexity index is 552. The van der Waals surface area contributed by atoms with E-state index in [4.69, 9.17) is 0 Å². The Labute approximate surface area is 134 Å². The summed E-state index contributed by atoms with van der Waals surface area (Å²) in [7, 11) is -0.432. The highest BCUT2D eigenvalue weighted by Gasteiger charge is 2.47. The van der Waals surface area contributed by atoms with E-state index >= 15 is 0 Å². The average molecular weight is 327 g/mol. The van der Waals surface area contributed by atoms with Gasteiger partial charge in [0.25, 0.3) is 0 Å². The summed E-state index contributed by atoms with van der Waals surface area (Å²) in [5, 5.41) is 0. The molecule has 0 aromatic rings. The molecule has 1 spiro atoms. The van der Waals surface area contributed by atoms with Crippen molar-refractivity contribution >= 4 is 15.6 Å². The molecule has 3 aliphatic rings. The minimum Gasteiger partial charge on any atom is -0.335 e. The maximum atomic E-state index is 12.9. The maximum absolute atomic E-state index is 12.9. The molecule has 1 saturated carbocycles. The van der Waals surface area contributed by atoms with Crippen LogP contribution in [0, 0.1) is 0 Å². The van der Waals surface area contributed by atoms with E-state index in [-0.39, 0.29) is 11.4 Å². The van der Waals surface area contributed by atoms with Gasteiger partial charge in [-0.05, 0) is 45.1 Å². The topological polar surface area (TPSA) is 53.0 Å². The first-order valence-electron chi connectivity index (χ1n) is 8.67. The Kier molecular flexibility index (Phi) is 4.52. The summed E-state index contributed by atoms with van der Waals surface area (Å²) in [5.41, 5.74) is -0.172. The summed E-state index contributed by atoms with van der Waals surface area (Å²) in [5.74, 6) is 1.54. The van der Waals surface area contributed by atoms with Crippen molar-refractivity contribution in [2.45, 2.75) is 57.0 Å². The van der Waals surface area contributed by atoms with Crippen molar-refractivity contribution in [1.82, 2.24) is 9.80 Å². The molecule has 3 fully saturated rings. The van der Waals surface area contributed by atoms with E-state index in [0.717, 1.165) is 38.8 Å². The van der Waals surface area contributed by atoms with E-state index in [1.54, 1.807) is 7.05 Å². The molecule has 0 N–H and O–H groups in total. The van der Waals surface area contributed by atoms with Crippen LogP contribution in [0.2, 0.25) is 0 Å². The van der Waals surface area contributed by atoms with Gasteiger partial charge in [0.2, 0.25) is 5.91 Å². The molecule has 0 aromatic heterocycles. The van der Waals surface area contributed by atoms with Crippen molar-refractivity contribution in [3.8, 4) is 0 Å². The van der Waals surface area contributed by atoms with Crippen LogP contribution in [-0.2, 0) is 14.5 Å². The number of hydrogen-bond donors (Lipinski definition) is 0. The fourth-order valence-electron chi connectivity index (χ4n) is 4.28. The van der Waals surface area contributed by atoms with Gasteiger partial charge in [0.1, 0.15) is 0 Å². The van der Waals surface area contributed by atoms with E-state index in [1.165, 1.54) is 12.8 Å². The number of nitrogens with zero attached hydrogens (tertiary/aromatic N) is 3. The smallest absolute Gasteiger partial charge is 0.237 e. The number of hydrogen-bond acceptors (Lipinski definition) is 4. The van der Waals surface area contributed by atoms with Crippen LogP contribution in [0.25, 0.3) is 0 Å². The van der Waals surface area contributed by atoms with Gasteiger partial charge in [-0.25, -0.2) is 8.57 Å². The van der Waals surface area contributed by atoms with Gasteiger partial charge in [0.15, 0.2) is 0 Å². The fraction of sp³-hybridized carbons (Fsp3) is 0.938. The molecule has 6 heteroatoms. The summed E-state index contributed by atoms with van der Waals surface area (Å²) >= 11 is 0. The monoisotopic (exact) mass is 327 g/mol. The fourth-order valence-corrected chi connectivity index (χ4v) is 6.62. The van der Waals surface area contributed by atoms with Crippen molar-refractivity contribution in [3.63, 3.8) is 0 Å². The molecule has 5 nitrogen and oxygen atoms in total. The normalized spacial score (nSPS) is 35.3. The second kappa shape index (κ2) is 6.11. The van der Waals surface area contributed by atoms with Gasteiger partial charge in [0, 0.05) is 35.1 Å². The second-order valence-corrected chi connectivity index (χ2v) is 9.68. The number of likely N-dealkylation sites (N-methyl/N-ethyl adjacent to an activating group) is 1. The second-order valence-electron chi connectivity index (χ2n) is 7.07. The van der Waals surface area contributed by atoms with Crippen molar-refractivity contribution in [2.75, 3.05) is 38.2 Å².